The molecule has 0 aliphatic rings. The molecule has 18 heavy (non-hydrogen) atoms. The highest BCUT2D eigenvalue weighted by atomic mass is 16.1. The molecule has 0 radical (unpaired) electrons. The highest BCUT2D eigenvalue weighted by molar-refractivity contribution is 5.49. The van der Waals surface area contributed by atoms with Crippen LogP contribution in [0.25, 0.3) is 5.69 Å². The highest BCUT2D eigenvalue weighted by Crippen LogP contribution is 2.19. The topological polar surface area (TPSA) is 59.8 Å². The monoisotopic (exact) mass is 244 g/mol. The molecule has 0 saturated carbocycles. The van der Waals surface area contributed by atoms with Gasteiger partial charge in [-0.3, -0.25) is 4.57 Å². The number of benzene rings is 1. The normalized spacial score (nSPS) is 10.4. The number of nitrogens with zero attached hydrogens (tertiary/aromatic N) is 3. The van der Waals surface area contributed by atoms with Crippen molar-refractivity contribution in [1.29, 1.82) is 0 Å². The Hall–Kier alpha value is -2.17. The van der Waals surface area contributed by atoms with Crippen molar-refractivity contribution in [1.82, 2.24) is 14.5 Å². The summed E-state index contributed by atoms with van der Waals surface area (Å²) in [5.74, 6) is 0.332. The van der Waals surface area contributed by atoms with Gasteiger partial charge >= 0.3 is 5.69 Å². The number of aryl methyl sites for hydroxylation is 3. The summed E-state index contributed by atoms with van der Waals surface area (Å²) < 4.78 is 1.48. The van der Waals surface area contributed by atoms with Gasteiger partial charge in [0, 0.05) is 7.05 Å². The van der Waals surface area contributed by atoms with Gasteiger partial charge in [-0.1, -0.05) is 17.7 Å². The van der Waals surface area contributed by atoms with E-state index in [2.05, 4.69) is 15.3 Å². The first-order valence-corrected chi connectivity index (χ1v) is 5.74. The van der Waals surface area contributed by atoms with Crippen LogP contribution in [0.4, 0.5) is 5.95 Å². The first-order chi connectivity index (χ1) is 8.52. The van der Waals surface area contributed by atoms with E-state index in [0.29, 0.717) is 5.95 Å². The zero-order chi connectivity index (χ0) is 13.3. The second-order valence-corrected chi connectivity index (χ2v) is 4.33. The number of aromatic nitrogens is 3. The van der Waals surface area contributed by atoms with Crippen molar-refractivity contribution < 1.29 is 0 Å². The summed E-state index contributed by atoms with van der Waals surface area (Å²) in [4.78, 5) is 19.9. The molecule has 2 rings (SSSR count). The Kier molecular flexibility index (Phi) is 3.14. The first-order valence-electron chi connectivity index (χ1n) is 5.74. The molecular formula is C13H16N4O. The molecule has 0 unspecified atom stereocenters. The van der Waals surface area contributed by atoms with E-state index in [-0.39, 0.29) is 5.69 Å². The molecule has 1 aromatic carbocycles. The third kappa shape index (κ3) is 2.11. The summed E-state index contributed by atoms with van der Waals surface area (Å²) in [5.41, 5.74) is 3.78. The van der Waals surface area contributed by atoms with Gasteiger partial charge in [0.05, 0.1) is 5.69 Å². The number of hydrogen-bond acceptors (Lipinski definition) is 4. The SMILES string of the molecule is CNc1ncn(-c2c(C)cc(C)cc2C)c(=O)n1. The van der Waals surface area contributed by atoms with Crippen LogP contribution in [0.1, 0.15) is 16.7 Å². The van der Waals surface area contributed by atoms with Crippen LogP contribution in [0.15, 0.2) is 23.3 Å². The van der Waals surface area contributed by atoms with E-state index in [1.165, 1.54) is 16.5 Å². The largest absolute Gasteiger partial charge is 0.357 e. The van der Waals surface area contributed by atoms with Crippen LogP contribution in [0, 0.1) is 20.8 Å². The number of rotatable bonds is 2. The molecule has 94 valence electrons. The van der Waals surface area contributed by atoms with E-state index in [0.717, 1.165) is 16.8 Å². The summed E-state index contributed by atoms with van der Waals surface area (Å²) in [5, 5.41) is 2.75. The maximum atomic E-state index is 12.0. The van der Waals surface area contributed by atoms with Crippen molar-refractivity contribution >= 4 is 5.95 Å². The lowest BCUT2D eigenvalue weighted by Gasteiger charge is -2.12. The molecule has 1 aromatic heterocycles. The molecule has 0 amide bonds. The second-order valence-electron chi connectivity index (χ2n) is 4.33. The van der Waals surface area contributed by atoms with Crippen LogP contribution in [0.5, 0.6) is 0 Å². The molecular weight excluding hydrogens is 228 g/mol. The fourth-order valence-electron chi connectivity index (χ4n) is 2.16. The van der Waals surface area contributed by atoms with Crippen molar-refractivity contribution in [3.05, 3.63) is 45.6 Å². The van der Waals surface area contributed by atoms with E-state index in [1.807, 2.05) is 32.9 Å². The fourth-order valence-corrected chi connectivity index (χ4v) is 2.16. The zero-order valence-electron chi connectivity index (χ0n) is 11.0. The van der Waals surface area contributed by atoms with Gasteiger partial charge in [-0.25, -0.2) is 9.78 Å². The van der Waals surface area contributed by atoms with E-state index in [4.69, 9.17) is 0 Å². The van der Waals surface area contributed by atoms with E-state index >= 15 is 0 Å². The third-order valence-electron chi connectivity index (χ3n) is 2.80. The standard InChI is InChI=1S/C13H16N4O/c1-8-5-9(2)11(10(3)6-8)17-7-15-12(14-4)16-13(17)18/h5-7H,1-4H3,(H,14,16,18). The van der Waals surface area contributed by atoms with Crippen molar-refractivity contribution in [3.63, 3.8) is 0 Å². The fraction of sp³-hybridized carbons (Fsp3) is 0.308. The third-order valence-corrected chi connectivity index (χ3v) is 2.80. The van der Waals surface area contributed by atoms with Crippen molar-refractivity contribution in [3.8, 4) is 5.69 Å². The maximum Gasteiger partial charge on any atom is 0.356 e. The molecule has 1 heterocycles. The zero-order valence-corrected chi connectivity index (χ0v) is 11.0. The molecule has 0 saturated heterocycles. The van der Waals surface area contributed by atoms with Crippen LogP contribution in [0.2, 0.25) is 0 Å². The van der Waals surface area contributed by atoms with E-state index in [1.54, 1.807) is 7.05 Å². The van der Waals surface area contributed by atoms with Gasteiger partial charge in [0.25, 0.3) is 0 Å². The van der Waals surface area contributed by atoms with Gasteiger partial charge in [-0.15, -0.1) is 0 Å². The lowest BCUT2D eigenvalue weighted by atomic mass is 10.1. The van der Waals surface area contributed by atoms with Crippen LogP contribution in [-0.2, 0) is 0 Å². The first kappa shape index (κ1) is 12.3. The molecule has 5 heteroatoms. The molecule has 0 atom stereocenters. The Morgan fingerprint density at radius 3 is 2.28 bits per heavy atom. The van der Waals surface area contributed by atoms with Crippen molar-refractivity contribution in [2.24, 2.45) is 0 Å². The second kappa shape index (κ2) is 4.60. The van der Waals surface area contributed by atoms with Crippen LogP contribution in [-0.4, -0.2) is 21.6 Å². The van der Waals surface area contributed by atoms with Gasteiger partial charge in [-0.05, 0) is 31.9 Å². The van der Waals surface area contributed by atoms with Gasteiger partial charge < -0.3 is 5.32 Å². The summed E-state index contributed by atoms with van der Waals surface area (Å²) >= 11 is 0. The van der Waals surface area contributed by atoms with Gasteiger partial charge in [0.1, 0.15) is 6.33 Å². The molecule has 0 aliphatic carbocycles. The van der Waals surface area contributed by atoms with Crippen LogP contribution in [0.3, 0.4) is 0 Å². The molecule has 5 nitrogen and oxygen atoms in total. The Morgan fingerprint density at radius 2 is 1.78 bits per heavy atom. The minimum atomic E-state index is -0.329. The van der Waals surface area contributed by atoms with Gasteiger partial charge in [-0.2, -0.15) is 4.98 Å². The van der Waals surface area contributed by atoms with Crippen molar-refractivity contribution in [2.45, 2.75) is 20.8 Å². The quantitative estimate of drug-likeness (QED) is 0.871. The number of anilines is 1. The Balaban J connectivity index is 2.66. The molecule has 2 aromatic rings. The summed E-state index contributed by atoms with van der Waals surface area (Å²) in [6.45, 7) is 5.99. The molecule has 1 N–H and O–H groups in total. The maximum absolute atomic E-state index is 12.0. The Labute approximate surface area is 106 Å². The van der Waals surface area contributed by atoms with Crippen molar-refractivity contribution in [2.75, 3.05) is 12.4 Å². The predicted molar refractivity (Wildman–Crippen MR) is 71.4 cm³/mol. The van der Waals surface area contributed by atoms with Gasteiger partial charge in [0.15, 0.2) is 0 Å². The molecule has 0 bridgehead atoms. The van der Waals surface area contributed by atoms with E-state index < -0.39 is 0 Å². The number of nitrogens with one attached hydrogen (secondary N) is 1. The average molecular weight is 244 g/mol. The average Bonchev–Trinajstić information content (AvgIpc) is 2.29. The molecule has 0 aliphatic heterocycles. The van der Waals surface area contributed by atoms with Crippen LogP contribution >= 0.6 is 0 Å². The van der Waals surface area contributed by atoms with Crippen LogP contribution < -0.4 is 11.0 Å². The van der Waals surface area contributed by atoms with E-state index in [9.17, 15) is 4.79 Å². The van der Waals surface area contributed by atoms with Gasteiger partial charge in [0.2, 0.25) is 5.95 Å². The Morgan fingerprint density at radius 1 is 1.17 bits per heavy atom. The summed E-state index contributed by atoms with van der Waals surface area (Å²) in [6.07, 6.45) is 1.51. The summed E-state index contributed by atoms with van der Waals surface area (Å²) in [7, 11) is 1.68. The molecule has 0 fully saturated rings. The lowest BCUT2D eigenvalue weighted by molar-refractivity contribution is 0.851. The highest BCUT2D eigenvalue weighted by Gasteiger charge is 2.09. The molecule has 0 spiro atoms. The minimum absolute atomic E-state index is 0.329. The Bertz CT molecular complexity index is 623. The lowest BCUT2D eigenvalue weighted by Crippen LogP contribution is -2.24. The summed E-state index contributed by atoms with van der Waals surface area (Å²) in [6, 6.07) is 4.08. The number of hydrogen-bond donors (Lipinski definition) is 1. The smallest absolute Gasteiger partial charge is 0.356 e. The predicted octanol–water partition coefficient (Wildman–Crippen LogP) is 1.59. The minimum Gasteiger partial charge on any atom is -0.357 e.